The molecule has 86 valence electrons. The van der Waals surface area contributed by atoms with E-state index in [9.17, 15) is 4.79 Å². The van der Waals surface area contributed by atoms with Gasteiger partial charge in [0.15, 0.2) is 6.29 Å². The van der Waals surface area contributed by atoms with E-state index >= 15 is 0 Å². The topological polar surface area (TPSA) is 26.3 Å². The molecule has 0 N–H and O–H groups in total. The van der Waals surface area contributed by atoms with E-state index in [0.717, 1.165) is 18.6 Å². The number of carbonyl (C=O) groups is 1. The second kappa shape index (κ2) is 5.35. The molecule has 2 nitrogen and oxygen atoms in total. The molecule has 1 fully saturated rings. The summed E-state index contributed by atoms with van der Waals surface area (Å²) >= 11 is 5.86. The van der Waals surface area contributed by atoms with Gasteiger partial charge in [0.05, 0.1) is 12.2 Å². The molecule has 0 heterocycles. The van der Waals surface area contributed by atoms with Crippen LogP contribution < -0.4 is 4.74 Å². The largest absolute Gasteiger partial charge is 0.493 e. The summed E-state index contributed by atoms with van der Waals surface area (Å²) in [5.74, 6) is 1.42. The second-order valence-electron chi connectivity index (χ2n) is 4.23. The van der Waals surface area contributed by atoms with Gasteiger partial charge in [0, 0.05) is 5.02 Å². The van der Waals surface area contributed by atoms with Gasteiger partial charge >= 0.3 is 0 Å². The Hall–Kier alpha value is -1.02. The van der Waals surface area contributed by atoms with Crippen molar-refractivity contribution in [2.75, 3.05) is 6.61 Å². The number of halogens is 1. The lowest BCUT2D eigenvalue weighted by molar-refractivity contribution is 0.111. The lowest BCUT2D eigenvalue weighted by Gasteiger charge is -2.25. The fourth-order valence-electron chi connectivity index (χ4n) is 1.85. The van der Waals surface area contributed by atoms with Crippen LogP contribution in [-0.2, 0) is 0 Å². The zero-order valence-corrected chi connectivity index (χ0v) is 9.87. The number of ether oxygens (including phenoxy) is 1. The predicted molar refractivity (Wildman–Crippen MR) is 64.3 cm³/mol. The molecule has 0 saturated heterocycles. The lowest BCUT2D eigenvalue weighted by Crippen LogP contribution is -2.14. The van der Waals surface area contributed by atoms with Crippen molar-refractivity contribution in [3.63, 3.8) is 0 Å². The number of carbonyl (C=O) groups excluding carboxylic acids is 1. The van der Waals surface area contributed by atoms with Gasteiger partial charge in [-0.1, -0.05) is 30.9 Å². The maximum absolute atomic E-state index is 10.8. The maximum Gasteiger partial charge on any atom is 0.153 e. The van der Waals surface area contributed by atoms with Crippen LogP contribution in [-0.4, -0.2) is 12.9 Å². The van der Waals surface area contributed by atoms with Gasteiger partial charge in [-0.25, -0.2) is 0 Å². The van der Waals surface area contributed by atoms with Crippen LogP contribution in [0.3, 0.4) is 0 Å². The quantitative estimate of drug-likeness (QED) is 0.731. The van der Waals surface area contributed by atoms with E-state index in [1.54, 1.807) is 18.2 Å². The van der Waals surface area contributed by atoms with Crippen LogP contribution in [0.15, 0.2) is 18.2 Å². The third kappa shape index (κ3) is 2.76. The van der Waals surface area contributed by atoms with Gasteiger partial charge in [-0.2, -0.15) is 0 Å². The highest BCUT2D eigenvalue weighted by Crippen LogP contribution is 2.30. The molecule has 1 aliphatic rings. The highest BCUT2D eigenvalue weighted by atomic mass is 35.5. The molecule has 0 radical (unpaired) electrons. The maximum atomic E-state index is 10.8. The normalized spacial score (nSPS) is 15.6. The molecule has 0 bridgehead atoms. The number of rotatable bonds is 5. The number of hydrogen-bond donors (Lipinski definition) is 0. The van der Waals surface area contributed by atoms with Gasteiger partial charge in [0.1, 0.15) is 5.75 Å². The van der Waals surface area contributed by atoms with Crippen LogP contribution in [0, 0.1) is 5.92 Å². The minimum Gasteiger partial charge on any atom is -0.493 e. The van der Waals surface area contributed by atoms with Crippen molar-refractivity contribution in [3.05, 3.63) is 28.8 Å². The molecular formula is C13H15ClO2. The Bertz CT molecular complexity index is 372. The molecule has 16 heavy (non-hydrogen) atoms. The van der Waals surface area contributed by atoms with Crippen molar-refractivity contribution in [2.45, 2.75) is 25.7 Å². The van der Waals surface area contributed by atoms with Crippen molar-refractivity contribution in [1.29, 1.82) is 0 Å². The fraction of sp³-hybridized carbons (Fsp3) is 0.462. The second-order valence-corrected chi connectivity index (χ2v) is 4.67. The van der Waals surface area contributed by atoms with Gasteiger partial charge in [-0.15, -0.1) is 0 Å². The van der Waals surface area contributed by atoms with Crippen molar-refractivity contribution in [3.8, 4) is 5.75 Å². The SMILES string of the molecule is O=Cc1ccc(Cl)cc1OCCC1CCC1. The first-order valence-electron chi connectivity index (χ1n) is 5.67. The molecule has 2 rings (SSSR count). The molecule has 1 saturated carbocycles. The molecule has 0 atom stereocenters. The molecular weight excluding hydrogens is 224 g/mol. The zero-order valence-electron chi connectivity index (χ0n) is 9.12. The summed E-state index contributed by atoms with van der Waals surface area (Å²) in [6, 6.07) is 5.09. The smallest absolute Gasteiger partial charge is 0.153 e. The van der Waals surface area contributed by atoms with Crippen molar-refractivity contribution >= 4 is 17.9 Å². The van der Waals surface area contributed by atoms with E-state index in [1.807, 2.05) is 0 Å². The van der Waals surface area contributed by atoms with Crippen molar-refractivity contribution in [2.24, 2.45) is 5.92 Å². The van der Waals surface area contributed by atoms with E-state index in [2.05, 4.69) is 0 Å². The van der Waals surface area contributed by atoms with Crippen molar-refractivity contribution in [1.82, 2.24) is 0 Å². The Balaban J connectivity index is 1.91. The first kappa shape index (κ1) is 11.5. The number of aldehydes is 1. The summed E-state index contributed by atoms with van der Waals surface area (Å²) in [4.78, 5) is 10.8. The molecule has 3 heteroatoms. The van der Waals surface area contributed by atoms with Gasteiger partial charge in [-0.05, 0) is 30.5 Å². The molecule has 1 aromatic rings. The summed E-state index contributed by atoms with van der Waals surface area (Å²) in [6.45, 7) is 0.672. The van der Waals surface area contributed by atoms with Crippen LogP contribution >= 0.6 is 11.6 Å². The van der Waals surface area contributed by atoms with E-state index in [-0.39, 0.29) is 0 Å². The van der Waals surface area contributed by atoms with Crippen LogP contribution in [0.25, 0.3) is 0 Å². The summed E-state index contributed by atoms with van der Waals surface area (Å²) in [7, 11) is 0. The average Bonchev–Trinajstić information content (AvgIpc) is 2.22. The fourth-order valence-corrected chi connectivity index (χ4v) is 2.01. The minimum atomic E-state index is 0.568. The first-order chi connectivity index (χ1) is 7.79. The molecule has 0 unspecified atom stereocenters. The molecule has 0 aromatic heterocycles. The van der Waals surface area contributed by atoms with Gasteiger partial charge in [-0.3, -0.25) is 4.79 Å². The molecule has 0 amide bonds. The van der Waals surface area contributed by atoms with E-state index in [4.69, 9.17) is 16.3 Å². The lowest BCUT2D eigenvalue weighted by atomic mass is 9.83. The average molecular weight is 239 g/mol. The minimum absolute atomic E-state index is 0.568. The van der Waals surface area contributed by atoms with Crippen LogP contribution in [0.5, 0.6) is 5.75 Å². The zero-order chi connectivity index (χ0) is 11.4. The highest BCUT2D eigenvalue weighted by Gasteiger charge is 2.17. The molecule has 0 aliphatic heterocycles. The van der Waals surface area contributed by atoms with Crippen LogP contribution in [0.2, 0.25) is 5.02 Å². The molecule has 1 aliphatic carbocycles. The summed E-state index contributed by atoms with van der Waals surface area (Å²) in [5, 5.41) is 0.601. The number of benzene rings is 1. The van der Waals surface area contributed by atoms with Gasteiger partial charge in [0.25, 0.3) is 0 Å². The predicted octanol–water partition coefficient (Wildman–Crippen LogP) is 3.72. The van der Waals surface area contributed by atoms with Crippen LogP contribution in [0.1, 0.15) is 36.0 Å². The van der Waals surface area contributed by atoms with E-state index in [1.165, 1.54) is 19.3 Å². The third-order valence-electron chi connectivity index (χ3n) is 3.11. The van der Waals surface area contributed by atoms with E-state index < -0.39 is 0 Å². The van der Waals surface area contributed by atoms with Gasteiger partial charge in [0.2, 0.25) is 0 Å². The summed E-state index contributed by atoms with van der Waals surface area (Å²) < 4.78 is 5.60. The summed E-state index contributed by atoms with van der Waals surface area (Å²) in [5.41, 5.74) is 0.568. The third-order valence-corrected chi connectivity index (χ3v) is 3.35. The van der Waals surface area contributed by atoms with Crippen molar-refractivity contribution < 1.29 is 9.53 Å². The molecule has 1 aromatic carbocycles. The van der Waals surface area contributed by atoms with Crippen LogP contribution in [0.4, 0.5) is 0 Å². The Kier molecular flexibility index (Phi) is 3.83. The highest BCUT2D eigenvalue weighted by molar-refractivity contribution is 6.30. The molecule has 0 spiro atoms. The number of hydrogen-bond acceptors (Lipinski definition) is 2. The van der Waals surface area contributed by atoms with E-state index in [0.29, 0.717) is 22.9 Å². The Morgan fingerprint density at radius 1 is 1.44 bits per heavy atom. The van der Waals surface area contributed by atoms with Gasteiger partial charge < -0.3 is 4.74 Å². The first-order valence-corrected chi connectivity index (χ1v) is 6.05. The Labute approximate surface area is 101 Å². The Morgan fingerprint density at radius 3 is 2.88 bits per heavy atom. The standard InChI is InChI=1S/C13H15ClO2/c14-12-5-4-11(9-15)13(8-12)16-7-6-10-2-1-3-10/h4-5,8-10H,1-3,6-7H2. The monoisotopic (exact) mass is 238 g/mol. The summed E-state index contributed by atoms with van der Waals surface area (Å²) in [6.07, 6.45) is 5.86. The Morgan fingerprint density at radius 2 is 2.25 bits per heavy atom.